The average Bonchev–Trinajstić information content (AvgIpc) is 3.01. The first-order valence-corrected chi connectivity index (χ1v) is 9.17. The predicted molar refractivity (Wildman–Crippen MR) is 94.7 cm³/mol. The number of carbonyl (C=O) groups excluding carboxylic acids is 1. The molecule has 1 aliphatic heterocycles. The fraction of sp³-hybridized carbons (Fsp3) is 0.353. The first-order valence-electron chi connectivity index (χ1n) is 7.53. The number of hydrogen-bond acceptors (Lipinski definition) is 3. The largest absolute Gasteiger partial charge is 0.482 e. The van der Waals surface area contributed by atoms with Gasteiger partial charge in [0, 0.05) is 16.4 Å². The highest BCUT2D eigenvalue weighted by Gasteiger charge is 2.30. The Hall–Kier alpha value is -1.23. The fourth-order valence-corrected chi connectivity index (χ4v) is 4.34. The minimum absolute atomic E-state index is 0.0142. The zero-order valence-corrected chi connectivity index (χ0v) is 15.0. The second kappa shape index (κ2) is 7.12. The van der Waals surface area contributed by atoms with Crippen molar-refractivity contribution >= 4 is 40.4 Å². The smallest absolute Gasteiger partial charge is 0.261 e. The summed E-state index contributed by atoms with van der Waals surface area (Å²) < 4.78 is 5.59. The van der Waals surface area contributed by atoms with Gasteiger partial charge in [0.25, 0.3) is 5.91 Å². The second-order valence-corrected chi connectivity index (χ2v) is 7.27. The van der Waals surface area contributed by atoms with Gasteiger partial charge in [0.15, 0.2) is 6.61 Å². The molecule has 23 heavy (non-hydrogen) atoms. The van der Waals surface area contributed by atoms with Crippen molar-refractivity contribution in [2.75, 3.05) is 13.2 Å². The number of ether oxygens (including phenoxy) is 1. The molecule has 122 valence electrons. The minimum Gasteiger partial charge on any atom is -0.482 e. The molecule has 0 bridgehead atoms. The lowest BCUT2D eigenvalue weighted by Gasteiger charge is -2.35. The third-order valence-electron chi connectivity index (χ3n) is 4.05. The van der Waals surface area contributed by atoms with Crippen LogP contribution in [0.15, 0.2) is 29.6 Å². The molecule has 1 aliphatic rings. The van der Waals surface area contributed by atoms with Crippen LogP contribution in [-0.2, 0) is 11.2 Å². The lowest BCUT2D eigenvalue weighted by Crippen LogP contribution is -2.41. The van der Waals surface area contributed by atoms with Gasteiger partial charge in [-0.05, 0) is 48.1 Å². The van der Waals surface area contributed by atoms with Crippen LogP contribution < -0.4 is 4.74 Å². The fourth-order valence-electron chi connectivity index (χ4n) is 2.95. The normalized spacial score (nSPS) is 17.0. The molecule has 1 atom stereocenters. The van der Waals surface area contributed by atoms with E-state index >= 15 is 0 Å². The zero-order chi connectivity index (χ0) is 16.4. The number of thiophene rings is 1. The molecule has 0 fully saturated rings. The molecule has 0 saturated heterocycles. The molecule has 3 rings (SSSR count). The summed E-state index contributed by atoms with van der Waals surface area (Å²) in [5.74, 6) is 0.463. The van der Waals surface area contributed by atoms with E-state index < -0.39 is 0 Å². The van der Waals surface area contributed by atoms with Crippen LogP contribution in [-0.4, -0.2) is 24.0 Å². The quantitative estimate of drug-likeness (QED) is 0.761. The molecule has 1 amide bonds. The number of hydrogen-bond donors (Lipinski definition) is 0. The standard InChI is InChI=1S/C17H17Cl2NO2S/c1-2-14-12-6-8-23-16(12)5-7-20(14)17(21)10-22-15-4-3-11(18)9-13(15)19/h3-4,6,8-9,14H,2,5,7,10H2,1H3/t14-/m0/s1. The van der Waals surface area contributed by atoms with E-state index in [2.05, 4.69) is 18.4 Å². The maximum atomic E-state index is 12.6. The third-order valence-corrected chi connectivity index (χ3v) is 5.57. The van der Waals surface area contributed by atoms with Gasteiger partial charge in [-0.25, -0.2) is 0 Å². The second-order valence-electron chi connectivity index (χ2n) is 5.42. The Balaban J connectivity index is 1.68. The van der Waals surface area contributed by atoms with E-state index in [0.29, 0.717) is 15.8 Å². The van der Waals surface area contributed by atoms with Crippen LogP contribution in [0, 0.1) is 0 Å². The maximum Gasteiger partial charge on any atom is 0.261 e. The van der Waals surface area contributed by atoms with Crippen LogP contribution in [0.4, 0.5) is 0 Å². The van der Waals surface area contributed by atoms with Crippen molar-refractivity contribution in [2.45, 2.75) is 25.8 Å². The Labute approximate surface area is 149 Å². The summed E-state index contributed by atoms with van der Waals surface area (Å²) in [6.45, 7) is 2.83. The van der Waals surface area contributed by atoms with Crippen LogP contribution in [0.1, 0.15) is 29.8 Å². The van der Waals surface area contributed by atoms with Crippen LogP contribution in [0.2, 0.25) is 10.0 Å². The van der Waals surface area contributed by atoms with Crippen molar-refractivity contribution in [3.63, 3.8) is 0 Å². The Kier molecular flexibility index (Phi) is 5.14. The monoisotopic (exact) mass is 369 g/mol. The van der Waals surface area contributed by atoms with Crippen molar-refractivity contribution in [1.29, 1.82) is 0 Å². The molecule has 0 radical (unpaired) electrons. The molecule has 2 heterocycles. The van der Waals surface area contributed by atoms with Crippen LogP contribution in [0.3, 0.4) is 0 Å². The van der Waals surface area contributed by atoms with Crippen molar-refractivity contribution in [3.8, 4) is 5.75 Å². The Morgan fingerprint density at radius 1 is 1.39 bits per heavy atom. The summed E-state index contributed by atoms with van der Waals surface area (Å²) >= 11 is 13.7. The van der Waals surface area contributed by atoms with E-state index in [9.17, 15) is 4.79 Å². The van der Waals surface area contributed by atoms with E-state index in [0.717, 1.165) is 19.4 Å². The van der Waals surface area contributed by atoms with E-state index in [4.69, 9.17) is 27.9 Å². The van der Waals surface area contributed by atoms with E-state index in [1.165, 1.54) is 10.4 Å². The number of fused-ring (bicyclic) bond motifs is 1. The Bertz CT molecular complexity index is 716. The summed E-state index contributed by atoms with van der Waals surface area (Å²) in [5, 5.41) is 3.06. The first-order chi connectivity index (χ1) is 11.1. The van der Waals surface area contributed by atoms with Crippen molar-refractivity contribution in [1.82, 2.24) is 4.90 Å². The van der Waals surface area contributed by atoms with Gasteiger partial charge in [0.2, 0.25) is 0 Å². The Morgan fingerprint density at radius 2 is 2.22 bits per heavy atom. The molecule has 0 spiro atoms. The van der Waals surface area contributed by atoms with Crippen molar-refractivity contribution in [2.24, 2.45) is 0 Å². The number of amides is 1. The predicted octanol–water partition coefficient (Wildman–Crippen LogP) is 4.97. The summed E-state index contributed by atoms with van der Waals surface area (Å²) in [4.78, 5) is 15.9. The topological polar surface area (TPSA) is 29.5 Å². The molecule has 0 aliphatic carbocycles. The summed E-state index contributed by atoms with van der Waals surface area (Å²) in [5.41, 5.74) is 1.28. The average molecular weight is 370 g/mol. The third kappa shape index (κ3) is 3.49. The lowest BCUT2D eigenvalue weighted by atomic mass is 9.98. The van der Waals surface area contributed by atoms with E-state index in [1.54, 1.807) is 29.5 Å². The molecule has 0 N–H and O–H groups in total. The molecular weight excluding hydrogens is 353 g/mol. The van der Waals surface area contributed by atoms with Crippen molar-refractivity contribution in [3.05, 3.63) is 50.1 Å². The van der Waals surface area contributed by atoms with Gasteiger partial charge in [-0.2, -0.15) is 0 Å². The molecule has 0 unspecified atom stereocenters. The number of halogens is 2. The summed E-state index contributed by atoms with van der Waals surface area (Å²) in [7, 11) is 0. The van der Waals surface area contributed by atoms with Gasteiger partial charge in [0.1, 0.15) is 5.75 Å². The molecule has 6 heteroatoms. The van der Waals surface area contributed by atoms with Crippen LogP contribution in [0.5, 0.6) is 5.75 Å². The number of rotatable bonds is 4. The van der Waals surface area contributed by atoms with Gasteiger partial charge in [-0.3, -0.25) is 4.79 Å². The van der Waals surface area contributed by atoms with Gasteiger partial charge in [-0.1, -0.05) is 30.1 Å². The first kappa shape index (κ1) is 16.6. The highest BCUT2D eigenvalue weighted by molar-refractivity contribution is 7.10. The van der Waals surface area contributed by atoms with Gasteiger partial charge in [-0.15, -0.1) is 11.3 Å². The van der Waals surface area contributed by atoms with Gasteiger partial charge >= 0.3 is 0 Å². The van der Waals surface area contributed by atoms with E-state index in [-0.39, 0.29) is 18.6 Å². The van der Waals surface area contributed by atoms with Crippen molar-refractivity contribution < 1.29 is 9.53 Å². The number of benzene rings is 1. The molecule has 2 aromatic rings. The highest BCUT2D eigenvalue weighted by atomic mass is 35.5. The molecular formula is C17H17Cl2NO2S. The number of nitrogens with zero attached hydrogens (tertiary/aromatic N) is 1. The van der Waals surface area contributed by atoms with Crippen LogP contribution in [0.25, 0.3) is 0 Å². The Morgan fingerprint density at radius 3 is 2.96 bits per heavy atom. The minimum atomic E-state index is -0.0165. The lowest BCUT2D eigenvalue weighted by molar-refractivity contribution is -0.136. The molecule has 0 saturated carbocycles. The maximum absolute atomic E-state index is 12.6. The van der Waals surface area contributed by atoms with E-state index in [1.807, 2.05) is 4.90 Å². The molecule has 1 aromatic heterocycles. The summed E-state index contributed by atoms with van der Waals surface area (Å²) in [6, 6.07) is 7.26. The number of carbonyl (C=O) groups is 1. The van der Waals surface area contributed by atoms with Gasteiger partial charge in [0.05, 0.1) is 11.1 Å². The van der Waals surface area contributed by atoms with Gasteiger partial charge < -0.3 is 9.64 Å². The highest BCUT2D eigenvalue weighted by Crippen LogP contribution is 2.35. The molecule has 3 nitrogen and oxygen atoms in total. The summed E-state index contributed by atoms with van der Waals surface area (Å²) in [6.07, 6.45) is 1.81. The van der Waals surface area contributed by atoms with Crippen LogP contribution >= 0.6 is 34.5 Å². The molecule has 1 aromatic carbocycles. The SMILES string of the molecule is CC[C@H]1c2ccsc2CCN1C(=O)COc1ccc(Cl)cc1Cl. The zero-order valence-electron chi connectivity index (χ0n) is 12.7.